The first kappa shape index (κ1) is 25.6. The fraction of sp³-hybridized carbons (Fsp3) is 0.542. The van der Waals surface area contributed by atoms with Gasteiger partial charge in [-0.3, -0.25) is 14.5 Å². The number of likely N-dealkylation sites (N-methyl/N-ethyl adjacent to an activating group) is 1. The fourth-order valence-electron chi connectivity index (χ4n) is 4.43. The summed E-state index contributed by atoms with van der Waals surface area (Å²) in [7, 11) is 0. The number of carbonyl (C=O) groups excluding carboxylic acids is 3. The SMILES string of the molecule is CCN1C(=O)N[C@H](c2ccc(C(F)(F)F)cc2)C2=C1CN([C@H](C(=O)NC(C)(C)C)C(C)C)C2=O. The molecule has 0 saturated heterocycles. The van der Waals surface area contributed by atoms with Crippen molar-refractivity contribution in [3.8, 4) is 0 Å². The minimum atomic E-state index is -4.50. The van der Waals surface area contributed by atoms with Crippen LogP contribution in [0.4, 0.5) is 18.0 Å². The second kappa shape index (κ2) is 8.96. The highest BCUT2D eigenvalue weighted by Crippen LogP contribution is 2.39. The van der Waals surface area contributed by atoms with Gasteiger partial charge in [0, 0.05) is 12.1 Å². The van der Waals surface area contributed by atoms with E-state index in [-0.39, 0.29) is 23.9 Å². The zero-order valence-electron chi connectivity index (χ0n) is 20.2. The Hall–Kier alpha value is -3.04. The van der Waals surface area contributed by atoms with Crippen LogP contribution in [0.1, 0.15) is 58.7 Å². The molecule has 4 amide bonds. The number of hydrogen-bond donors (Lipinski definition) is 2. The highest BCUT2D eigenvalue weighted by atomic mass is 19.4. The molecule has 2 aliphatic heterocycles. The highest BCUT2D eigenvalue weighted by Gasteiger charge is 2.47. The number of carbonyl (C=O) groups is 3. The lowest BCUT2D eigenvalue weighted by molar-refractivity contribution is -0.139. The van der Waals surface area contributed by atoms with Crippen LogP contribution in [0, 0.1) is 5.92 Å². The monoisotopic (exact) mass is 480 g/mol. The summed E-state index contributed by atoms with van der Waals surface area (Å²) in [5, 5.41) is 5.67. The first-order chi connectivity index (χ1) is 15.7. The molecule has 0 aromatic heterocycles. The molecule has 10 heteroatoms. The fourth-order valence-corrected chi connectivity index (χ4v) is 4.43. The third kappa shape index (κ3) is 4.90. The number of urea groups is 1. The molecule has 2 aliphatic rings. The number of rotatable bonds is 5. The molecule has 0 spiro atoms. The van der Waals surface area contributed by atoms with Crippen molar-refractivity contribution >= 4 is 17.8 Å². The predicted octanol–water partition coefficient (Wildman–Crippen LogP) is 3.83. The molecular formula is C24H31F3N4O3. The standard InChI is InChI=1S/C24H31F3N4O3/c1-7-30-16-12-31(19(13(2)3)20(32)29-23(4,5)6)21(33)17(16)18(28-22(30)34)14-8-10-15(11-9-14)24(25,26)27/h8-11,13,18-19H,7,12H2,1-6H3,(H,28,34)(H,29,32)/t18-,19+/m1/s1. The second-order valence-corrected chi connectivity index (χ2v) is 9.97. The van der Waals surface area contributed by atoms with Gasteiger partial charge in [0.1, 0.15) is 6.04 Å². The van der Waals surface area contributed by atoms with E-state index in [1.165, 1.54) is 21.9 Å². The van der Waals surface area contributed by atoms with Crippen molar-refractivity contribution < 1.29 is 27.6 Å². The molecule has 3 rings (SSSR count). The van der Waals surface area contributed by atoms with Crippen molar-refractivity contribution in [1.29, 1.82) is 0 Å². The maximum Gasteiger partial charge on any atom is 0.416 e. The summed E-state index contributed by atoms with van der Waals surface area (Å²) >= 11 is 0. The van der Waals surface area contributed by atoms with Crippen LogP contribution < -0.4 is 10.6 Å². The van der Waals surface area contributed by atoms with Gasteiger partial charge in [0.05, 0.1) is 29.4 Å². The Morgan fingerprint density at radius 1 is 1.15 bits per heavy atom. The number of benzene rings is 1. The minimum absolute atomic E-state index is 0.0625. The van der Waals surface area contributed by atoms with E-state index in [4.69, 9.17) is 0 Å². The van der Waals surface area contributed by atoms with E-state index in [0.29, 0.717) is 17.8 Å². The van der Waals surface area contributed by atoms with Crippen LogP contribution in [0.15, 0.2) is 35.5 Å². The Labute approximate surface area is 197 Å². The number of halogens is 3. The molecule has 2 N–H and O–H groups in total. The molecule has 1 aromatic rings. The molecule has 0 saturated carbocycles. The summed E-state index contributed by atoms with van der Waals surface area (Å²) in [6.07, 6.45) is -4.50. The number of alkyl halides is 3. The van der Waals surface area contributed by atoms with Gasteiger partial charge in [-0.05, 0) is 51.3 Å². The van der Waals surface area contributed by atoms with E-state index in [1.54, 1.807) is 6.92 Å². The maximum absolute atomic E-state index is 13.7. The number of nitrogens with zero attached hydrogens (tertiary/aromatic N) is 2. The lowest BCUT2D eigenvalue weighted by Crippen LogP contribution is -2.55. The summed E-state index contributed by atoms with van der Waals surface area (Å²) < 4.78 is 39.1. The van der Waals surface area contributed by atoms with Crippen molar-refractivity contribution in [3.63, 3.8) is 0 Å². The van der Waals surface area contributed by atoms with E-state index in [2.05, 4.69) is 10.6 Å². The van der Waals surface area contributed by atoms with Crippen LogP contribution in [-0.2, 0) is 15.8 Å². The zero-order chi connectivity index (χ0) is 25.6. The average Bonchev–Trinajstić information content (AvgIpc) is 3.02. The van der Waals surface area contributed by atoms with E-state index in [9.17, 15) is 27.6 Å². The van der Waals surface area contributed by atoms with Crippen LogP contribution in [-0.4, -0.2) is 52.3 Å². The molecule has 186 valence electrons. The number of nitrogens with one attached hydrogen (secondary N) is 2. The first-order valence-corrected chi connectivity index (χ1v) is 11.3. The molecule has 2 heterocycles. The van der Waals surface area contributed by atoms with Gasteiger partial charge in [-0.25, -0.2) is 4.79 Å². The van der Waals surface area contributed by atoms with Gasteiger partial charge in [0.25, 0.3) is 5.91 Å². The van der Waals surface area contributed by atoms with Gasteiger partial charge in [-0.2, -0.15) is 13.2 Å². The molecule has 1 aromatic carbocycles. The highest BCUT2D eigenvalue weighted by molar-refractivity contribution is 6.03. The van der Waals surface area contributed by atoms with E-state index < -0.39 is 41.3 Å². The summed E-state index contributed by atoms with van der Waals surface area (Å²) in [4.78, 5) is 42.5. The Morgan fingerprint density at radius 3 is 2.21 bits per heavy atom. The summed E-state index contributed by atoms with van der Waals surface area (Å²) in [5.41, 5.74) is -0.220. The summed E-state index contributed by atoms with van der Waals surface area (Å²) in [6.45, 7) is 11.3. The summed E-state index contributed by atoms with van der Waals surface area (Å²) in [5.74, 6) is -0.930. The third-order valence-corrected chi connectivity index (χ3v) is 5.87. The van der Waals surface area contributed by atoms with Crippen molar-refractivity contribution in [2.75, 3.05) is 13.1 Å². The maximum atomic E-state index is 13.7. The van der Waals surface area contributed by atoms with Crippen molar-refractivity contribution in [3.05, 3.63) is 46.7 Å². The van der Waals surface area contributed by atoms with Crippen molar-refractivity contribution in [2.24, 2.45) is 5.92 Å². The Bertz CT molecular complexity index is 1010. The predicted molar refractivity (Wildman–Crippen MR) is 120 cm³/mol. The normalized spacial score (nSPS) is 20.0. The molecule has 0 aliphatic carbocycles. The number of amides is 4. The number of hydrogen-bond acceptors (Lipinski definition) is 3. The molecule has 0 bridgehead atoms. The van der Waals surface area contributed by atoms with Gasteiger partial charge in [-0.1, -0.05) is 26.0 Å². The average molecular weight is 481 g/mol. The molecule has 7 nitrogen and oxygen atoms in total. The van der Waals surface area contributed by atoms with Gasteiger partial charge in [0.2, 0.25) is 5.91 Å². The Morgan fingerprint density at radius 2 is 1.74 bits per heavy atom. The largest absolute Gasteiger partial charge is 0.416 e. The van der Waals surface area contributed by atoms with Gasteiger partial charge in [0.15, 0.2) is 0 Å². The Balaban J connectivity index is 2.01. The third-order valence-electron chi connectivity index (χ3n) is 5.87. The van der Waals surface area contributed by atoms with Crippen LogP contribution in [0.5, 0.6) is 0 Å². The topological polar surface area (TPSA) is 81.8 Å². The minimum Gasteiger partial charge on any atom is -0.350 e. The molecule has 0 unspecified atom stereocenters. The molecule has 0 fully saturated rings. The van der Waals surface area contributed by atoms with Gasteiger partial charge < -0.3 is 15.5 Å². The lowest BCUT2D eigenvalue weighted by Gasteiger charge is -2.33. The van der Waals surface area contributed by atoms with Crippen LogP contribution in [0.25, 0.3) is 0 Å². The molecule has 2 atom stereocenters. The van der Waals surface area contributed by atoms with Gasteiger partial charge in [-0.15, -0.1) is 0 Å². The van der Waals surface area contributed by atoms with E-state index in [0.717, 1.165) is 12.1 Å². The first-order valence-electron chi connectivity index (χ1n) is 11.3. The van der Waals surface area contributed by atoms with Crippen LogP contribution in [0.2, 0.25) is 0 Å². The molecular weight excluding hydrogens is 449 g/mol. The summed E-state index contributed by atoms with van der Waals surface area (Å²) in [6, 6.07) is 2.26. The van der Waals surface area contributed by atoms with E-state index >= 15 is 0 Å². The van der Waals surface area contributed by atoms with E-state index in [1.807, 2.05) is 34.6 Å². The smallest absolute Gasteiger partial charge is 0.350 e. The molecule has 34 heavy (non-hydrogen) atoms. The quantitative estimate of drug-likeness (QED) is 0.672. The second-order valence-electron chi connectivity index (χ2n) is 9.97. The Kier molecular flexibility index (Phi) is 6.74. The molecule has 0 radical (unpaired) electrons. The van der Waals surface area contributed by atoms with Gasteiger partial charge >= 0.3 is 12.2 Å². The van der Waals surface area contributed by atoms with Crippen molar-refractivity contribution in [2.45, 2.75) is 65.3 Å². The van der Waals surface area contributed by atoms with Crippen molar-refractivity contribution in [1.82, 2.24) is 20.4 Å². The zero-order valence-corrected chi connectivity index (χ0v) is 20.2. The van der Waals surface area contributed by atoms with Crippen LogP contribution in [0.3, 0.4) is 0 Å². The lowest BCUT2D eigenvalue weighted by atomic mass is 9.94. The van der Waals surface area contributed by atoms with Crippen LogP contribution >= 0.6 is 0 Å².